The summed E-state index contributed by atoms with van der Waals surface area (Å²) in [5.74, 6) is 0.941. The Balaban J connectivity index is 1.53. The Morgan fingerprint density at radius 3 is 2.78 bits per heavy atom. The van der Waals surface area contributed by atoms with Crippen molar-refractivity contribution in [2.24, 2.45) is 0 Å². The van der Waals surface area contributed by atoms with Crippen LogP contribution in [0.15, 0.2) is 71.5 Å². The molecule has 0 saturated carbocycles. The molecule has 2 aromatic heterocycles. The van der Waals surface area contributed by atoms with Gasteiger partial charge in [0.1, 0.15) is 10.8 Å². The van der Waals surface area contributed by atoms with E-state index >= 15 is 0 Å². The number of nitrogens with zero attached hydrogens (tertiary/aromatic N) is 1. The summed E-state index contributed by atoms with van der Waals surface area (Å²) in [5.41, 5.74) is 1.25. The molecule has 3 nitrogen and oxygen atoms in total. The van der Waals surface area contributed by atoms with Crippen LogP contribution in [-0.4, -0.2) is 4.98 Å². The maximum atomic E-state index is 5.31. The number of thiazole rings is 1. The predicted octanol–water partition coefficient (Wildman–Crippen LogP) is 4.85. The van der Waals surface area contributed by atoms with Crippen LogP contribution in [-0.2, 0) is 13.1 Å². The molecule has 0 atom stereocenters. The standard InChI is InChI=1S/C19H16N2OS/c1-2-8-16-14(5-1)6-3-9-17(16)18-12-21-19(23-18)13-20-11-15-7-4-10-22-15/h1-10,12,20H,11,13H2. The highest BCUT2D eigenvalue weighted by atomic mass is 32.1. The van der Waals surface area contributed by atoms with Gasteiger partial charge in [-0.15, -0.1) is 11.3 Å². The smallest absolute Gasteiger partial charge is 0.117 e. The molecule has 0 spiro atoms. The van der Waals surface area contributed by atoms with Crippen molar-refractivity contribution in [1.29, 1.82) is 0 Å². The molecule has 2 heterocycles. The summed E-state index contributed by atoms with van der Waals surface area (Å²) in [4.78, 5) is 5.75. The lowest BCUT2D eigenvalue weighted by Gasteiger charge is -2.03. The van der Waals surface area contributed by atoms with Gasteiger partial charge in [-0.3, -0.25) is 0 Å². The van der Waals surface area contributed by atoms with Gasteiger partial charge in [-0.2, -0.15) is 0 Å². The molecular formula is C19H16N2OS. The zero-order valence-corrected chi connectivity index (χ0v) is 13.3. The lowest BCUT2D eigenvalue weighted by Crippen LogP contribution is -2.11. The van der Waals surface area contributed by atoms with Crippen LogP contribution in [0.3, 0.4) is 0 Å². The molecule has 0 saturated heterocycles. The second-order valence-electron chi connectivity index (χ2n) is 5.33. The third kappa shape index (κ3) is 3.04. The van der Waals surface area contributed by atoms with E-state index in [0.29, 0.717) is 0 Å². The van der Waals surface area contributed by atoms with Gasteiger partial charge in [-0.05, 0) is 22.9 Å². The third-order valence-electron chi connectivity index (χ3n) is 3.76. The highest BCUT2D eigenvalue weighted by Gasteiger charge is 2.08. The van der Waals surface area contributed by atoms with E-state index in [1.807, 2.05) is 18.3 Å². The fourth-order valence-electron chi connectivity index (χ4n) is 2.66. The fraction of sp³-hybridized carbons (Fsp3) is 0.105. The van der Waals surface area contributed by atoms with E-state index in [9.17, 15) is 0 Å². The zero-order chi connectivity index (χ0) is 15.5. The molecule has 23 heavy (non-hydrogen) atoms. The Kier molecular flexibility index (Phi) is 3.92. The van der Waals surface area contributed by atoms with Crippen molar-refractivity contribution in [1.82, 2.24) is 10.3 Å². The van der Waals surface area contributed by atoms with E-state index in [0.717, 1.165) is 23.9 Å². The van der Waals surface area contributed by atoms with Crippen molar-refractivity contribution < 1.29 is 4.42 Å². The molecule has 4 heteroatoms. The Morgan fingerprint density at radius 1 is 0.957 bits per heavy atom. The summed E-state index contributed by atoms with van der Waals surface area (Å²) < 4.78 is 5.31. The SMILES string of the molecule is c1coc(CNCc2ncc(-c3cccc4ccccc34)s2)c1. The van der Waals surface area contributed by atoms with E-state index in [1.54, 1.807) is 17.6 Å². The minimum absolute atomic E-state index is 0.718. The first-order chi connectivity index (χ1) is 11.4. The topological polar surface area (TPSA) is 38.1 Å². The van der Waals surface area contributed by atoms with E-state index in [-0.39, 0.29) is 0 Å². The molecule has 0 amide bonds. The summed E-state index contributed by atoms with van der Waals surface area (Å²) >= 11 is 1.73. The molecule has 4 rings (SSSR count). The minimum Gasteiger partial charge on any atom is -0.468 e. The van der Waals surface area contributed by atoms with Crippen molar-refractivity contribution in [2.45, 2.75) is 13.1 Å². The van der Waals surface area contributed by atoms with E-state index in [4.69, 9.17) is 4.42 Å². The Morgan fingerprint density at radius 2 is 1.87 bits per heavy atom. The highest BCUT2D eigenvalue weighted by molar-refractivity contribution is 7.15. The van der Waals surface area contributed by atoms with Crippen LogP contribution in [0.5, 0.6) is 0 Å². The third-order valence-corrected chi connectivity index (χ3v) is 4.79. The van der Waals surface area contributed by atoms with E-state index in [2.05, 4.69) is 52.8 Å². The zero-order valence-electron chi connectivity index (χ0n) is 12.5. The normalized spacial score (nSPS) is 11.1. The molecule has 0 aliphatic heterocycles. The molecule has 0 radical (unpaired) electrons. The molecule has 0 aliphatic rings. The summed E-state index contributed by atoms with van der Waals surface area (Å²) in [6.07, 6.45) is 3.66. The second-order valence-corrected chi connectivity index (χ2v) is 6.44. The van der Waals surface area contributed by atoms with Crippen LogP contribution in [0.4, 0.5) is 0 Å². The van der Waals surface area contributed by atoms with Gasteiger partial charge in [0.15, 0.2) is 0 Å². The maximum absolute atomic E-state index is 5.31. The van der Waals surface area contributed by atoms with Crippen molar-refractivity contribution in [3.63, 3.8) is 0 Å². The lowest BCUT2D eigenvalue weighted by molar-refractivity contribution is 0.483. The maximum Gasteiger partial charge on any atom is 0.117 e. The Hall–Kier alpha value is -2.43. The summed E-state index contributed by atoms with van der Waals surface area (Å²) in [5, 5.41) is 6.98. The average Bonchev–Trinajstić information content (AvgIpc) is 3.26. The monoisotopic (exact) mass is 320 g/mol. The molecular weight excluding hydrogens is 304 g/mol. The number of rotatable bonds is 5. The quantitative estimate of drug-likeness (QED) is 0.571. The predicted molar refractivity (Wildman–Crippen MR) is 94.3 cm³/mol. The number of aromatic nitrogens is 1. The highest BCUT2D eigenvalue weighted by Crippen LogP contribution is 2.32. The van der Waals surface area contributed by atoms with Gasteiger partial charge >= 0.3 is 0 Å². The van der Waals surface area contributed by atoms with Gasteiger partial charge in [-0.25, -0.2) is 4.98 Å². The first-order valence-corrected chi connectivity index (χ1v) is 8.38. The minimum atomic E-state index is 0.718. The first kappa shape index (κ1) is 14.2. The number of nitrogens with one attached hydrogen (secondary N) is 1. The van der Waals surface area contributed by atoms with Gasteiger partial charge in [0, 0.05) is 18.3 Å². The number of fused-ring (bicyclic) bond motifs is 1. The van der Waals surface area contributed by atoms with Crippen molar-refractivity contribution in [3.8, 4) is 10.4 Å². The van der Waals surface area contributed by atoms with Crippen LogP contribution in [0, 0.1) is 0 Å². The molecule has 0 aliphatic carbocycles. The van der Waals surface area contributed by atoms with Crippen LogP contribution in [0.25, 0.3) is 21.2 Å². The van der Waals surface area contributed by atoms with Crippen LogP contribution in [0.2, 0.25) is 0 Å². The van der Waals surface area contributed by atoms with Gasteiger partial charge in [0.2, 0.25) is 0 Å². The Bertz CT molecular complexity index is 907. The van der Waals surface area contributed by atoms with E-state index < -0.39 is 0 Å². The van der Waals surface area contributed by atoms with Crippen molar-refractivity contribution >= 4 is 22.1 Å². The summed E-state index contributed by atoms with van der Waals surface area (Å²) in [6, 6.07) is 18.7. The van der Waals surface area contributed by atoms with E-state index in [1.165, 1.54) is 21.2 Å². The number of furan rings is 1. The molecule has 0 unspecified atom stereocenters. The number of benzene rings is 2. The molecule has 0 fully saturated rings. The van der Waals surface area contributed by atoms with Gasteiger partial charge in [0.25, 0.3) is 0 Å². The molecule has 2 aromatic carbocycles. The average molecular weight is 320 g/mol. The summed E-state index contributed by atoms with van der Waals surface area (Å²) in [7, 11) is 0. The Labute approximate surface area is 138 Å². The first-order valence-electron chi connectivity index (χ1n) is 7.56. The number of hydrogen-bond donors (Lipinski definition) is 1. The van der Waals surface area contributed by atoms with Crippen molar-refractivity contribution in [3.05, 3.63) is 77.8 Å². The van der Waals surface area contributed by atoms with Crippen molar-refractivity contribution in [2.75, 3.05) is 0 Å². The largest absolute Gasteiger partial charge is 0.468 e. The van der Waals surface area contributed by atoms with Gasteiger partial charge in [0.05, 0.1) is 17.7 Å². The summed E-state index contributed by atoms with van der Waals surface area (Å²) in [6.45, 7) is 1.46. The van der Waals surface area contributed by atoms with Crippen LogP contribution < -0.4 is 5.32 Å². The number of hydrogen-bond acceptors (Lipinski definition) is 4. The van der Waals surface area contributed by atoms with Crippen LogP contribution in [0.1, 0.15) is 10.8 Å². The molecule has 0 bridgehead atoms. The molecule has 4 aromatic rings. The molecule has 114 valence electrons. The van der Waals surface area contributed by atoms with Crippen LogP contribution >= 0.6 is 11.3 Å². The lowest BCUT2D eigenvalue weighted by atomic mass is 10.0. The fourth-order valence-corrected chi connectivity index (χ4v) is 3.59. The van der Waals surface area contributed by atoms with Gasteiger partial charge in [-0.1, -0.05) is 42.5 Å². The molecule has 1 N–H and O–H groups in total. The van der Waals surface area contributed by atoms with Gasteiger partial charge < -0.3 is 9.73 Å². The second kappa shape index (κ2) is 6.36.